The van der Waals surface area contributed by atoms with Crippen molar-refractivity contribution in [3.63, 3.8) is 0 Å². The second-order valence-electron chi connectivity index (χ2n) is 4.29. The molecule has 2 aromatic rings. The molecule has 3 N–H and O–H groups in total. The third-order valence-electron chi connectivity index (χ3n) is 2.71. The minimum atomic E-state index is -0.0830. The third kappa shape index (κ3) is 3.72. The fourth-order valence-corrected chi connectivity index (χ4v) is 1.82. The molecule has 1 amide bonds. The van der Waals surface area contributed by atoms with Crippen LogP contribution in [-0.2, 0) is 11.3 Å². The van der Waals surface area contributed by atoms with Crippen molar-refractivity contribution in [2.45, 2.75) is 19.9 Å². The first-order valence-electron chi connectivity index (χ1n) is 5.88. The van der Waals surface area contributed by atoms with Gasteiger partial charge in [0.25, 0.3) is 0 Å². The number of halogens is 1. The first kappa shape index (κ1) is 13.4. The van der Waals surface area contributed by atoms with Crippen molar-refractivity contribution in [2.24, 2.45) is 0 Å². The fourth-order valence-electron chi connectivity index (χ4n) is 1.66. The van der Waals surface area contributed by atoms with Crippen LogP contribution in [0.3, 0.4) is 0 Å². The second-order valence-corrected chi connectivity index (χ2v) is 4.73. The first-order chi connectivity index (χ1) is 9.04. The lowest BCUT2D eigenvalue weighted by atomic mass is 10.2. The van der Waals surface area contributed by atoms with Gasteiger partial charge in [-0.05, 0) is 24.6 Å². The molecule has 5 nitrogen and oxygen atoms in total. The van der Waals surface area contributed by atoms with Crippen molar-refractivity contribution in [1.29, 1.82) is 0 Å². The van der Waals surface area contributed by atoms with E-state index in [2.05, 4.69) is 10.4 Å². The molecule has 0 fully saturated rings. The zero-order chi connectivity index (χ0) is 13.8. The van der Waals surface area contributed by atoms with Gasteiger partial charge >= 0.3 is 0 Å². The summed E-state index contributed by atoms with van der Waals surface area (Å²) in [6.07, 6.45) is 3.55. The number of benzene rings is 1. The average Bonchev–Trinajstić information content (AvgIpc) is 2.77. The molecule has 1 aromatic carbocycles. The van der Waals surface area contributed by atoms with Gasteiger partial charge in [0.1, 0.15) is 0 Å². The number of carbonyl (C=O) groups is 1. The summed E-state index contributed by atoms with van der Waals surface area (Å²) in [5, 5.41) is 7.41. The van der Waals surface area contributed by atoms with Crippen LogP contribution in [0.5, 0.6) is 0 Å². The van der Waals surface area contributed by atoms with E-state index in [9.17, 15) is 4.79 Å². The summed E-state index contributed by atoms with van der Waals surface area (Å²) in [4.78, 5) is 11.8. The summed E-state index contributed by atoms with van der Waals surface area (Å²) >= 11 is 5.75. The molecular formula is C13H15ClN4O. The van der Waals surface area contributed by atoms with E-state index in [0.717, 1.165) is 11.3 Å². The maximum absolute atomic E-state index is 11.8. The molecule has 0 radical (unpaired) electrons. The van der Waals surface area contributed by atoms with Crippen LogP contribution in [0.4, 0.5) is 11.4 Å². The monoisotopic (exact) mass is 278 g/mol. The van der Waals surface area contributed by atoms with Crippen LogP contribution in [0.15, 0.2) is 30.6 Å². The molecule has 100 valence electrons. The number of aryl methyl sites for hydroxylation is 2. The highest BCUT2D eigenvalue weighted by Gasteiger charge is 2.06. The fraction of sp³-hybridized carbons (Fsp3) is 0.231. The molecule has 0 saturated heterocycles. The van der Waals surface area contributed by atoms with E-state index >= 15 is 0 Å². The van der Waals surface area contributed by atoms with E-state index in [1.807, 2.05) is 13.0 Å². The van der Waals surface area contributed by atoms with Gasteiger partial charge in [0, 0.05) is 30.5 Å². The predicted molar refractivity (Wildman–Crippen MR) is 76.1 cm³/mol. The Bertz CT molecular complexity index is 594. The molecule has 0 aliphatic rings. The number of nitrogen functional groups attached to an aromatic ring is 1. The number of anilines is 2. The number of rotatable bonds is 4. The van der Waals surface area contributed by atoms with Gasteiger partial charge < -0.3 is 11.1 Å². The average molecular weight is 279 g/mol. The number of amides is 1. The summed E-state index contributed by atoms with van der Waals surface area (Å²) < 4.78 is 1.63. The summed E-state index contributed by atoms with van der Waals surface area (Å²) in [7, 11) is 0. The van der Waals surface area contributed by atoms with E-state index in [4.69, 9.17) is 17.3 Å². The van der Waals surface area contributed by atoms with Crippen LogP contribution >= 0.6 is 11.6 Å². The summed E-state index contributed by atoms with van der Waals surface area (Å²) in [6.45, 7) is 2.41. The van der Waals surface area contributed by atoms with Crippen molar-refractivity contribution in [3.8, 4) is 0 Å². The van der Waals surface area contributed by atoms with E-state index in [0.29, 0.717) is 23.7 Å². The minimum Gasteiger partial charge on any atom is -0.399 e. The zero-order valence-electron chi connectivity index (χ0n) is 10.6. The highest BCUT2D eigenvalue weighted by Crippen LogP contribution is 2.18. The van der Waals surface area contributed by atoms with Crippen LogP contribution < -0.4 is 11.1 Å². The minimum absolute atomic E-state index is 0.0830. The zero-order valence-corrected chi connectivity index (χ0v) is 11.3. The van der Waals surface area contributed by atoms with Gasteiger partial charge in [-0.15, -0.1) is 0 Å². The highest BCUT2D eigenvalue weighted by molar-refractivity contribution is 6.30. The summed E-state index contributed by atoms with van der Waals surface area (Å²) in [5.74, 6) is -0.0830. The number of aromatic nitrogens is 2. The molecule has 19 heavy (non-hydrogen) atoms. The van der Waals surface area contributed by atoms with Crippen LogP contribution in [0.25, 0.3) is 0 Å². The van der Waals surface area contributed by atoms with Crippen LogP contribution in [0, 0.1) is 6.92 Å². The van der Waals surface area contributed by atoms with Crippen molar-refractivity contribution in [1.82, 2.24) is 9.78 Å². The van der Waals surface area contributed by atoms with E-state index in [1.54, 1.807) is 29.2 Å². The Hall–Kier alpha value is -2.01. The van der Waals surface area contributed by atoms with Crippen molar-refractivity contribution < 1.29 is 4.79 Å². The van der Waals surface area contributed by atoms with E-state index < -0.39 is 0 Å². The summed E-state index contributed by atoms with van der Waals surface area (Å²) in [6, 6.07) is 5.42. The lowest BCUT2D eigenvalue weighted by Crippen LogP contribution is -2.15. The smallest absolute Gasteiger partial charge is 0.226 e. The van der Waals surface area contributed by atoms with Crippen LogP contribution in [0.2, 0.25) is 5.02 Å². The Morgan fingerprint density at radius 1 is 1.53 bits per heavy atom. The highest BCUT2D eigenvalue weighted by atomic mass is 35.5. The van der Waals surface area contributed by atoms with E-state index in [-0.39, 0.29) is 5.91 Å². The van der Waals surface area contributed by atoms with Gasteiger partial charge in [-0.3, -0.25) is 9.48 Å². The Kier molecular flexibility index (Phi) is 4.06. The maximum Gasteiger partial charge on any atom is 0.226 e. The number of hydrogen-bond acceptors (Lipinski definition) is 3. The number of carbonyl (C=O) groups excluding carboxylic acids is 1. The van der Waals surface area contributed by atoms with Crippen LogP contribution in [0.1, 0.15) is 12.0 Å². The Labute approximate surface area is 116 Å². The van der Waals surface area contributed by atoms with Gasteiger partial charge in [-0.2, -0.15) is 5.10 Å². The maximum atomic E-state index is 11.8. The molecule has 0 spiro atoms. The number of nitrogens with zero attached hydrogens (tertiary/aromatic N) is 2. The van der Waals surface area contributed by atoms with Gasteiger partial charge in [0.15, 0.2) is 0 Å². The van der Waals surface area contributed by atoms with Gasteiger partial charge in [-0.25, -0.2) is 0 Å². The number of nitrogens with one attached hydrogen (secondary N) is 1. The second kappa shape index (κ2) is 5.75. The molecular weight excluding hydrogens is 264 g/mol. The molecule has 0 unspecified atom stereocenters. The Morgan fingerprint density at radius 3 is 3.00 bits per heavy atom. The van der Waals surface area contributed by atoms with Gasteiger partial charge in [0.2, 0.25) is 5.91 Å². The molecule has 1 aromatic heterocycles. The first-order valence-corrected chi connectivity index (χ1v) is 6.26. The molecule has 0 bridgehead atoms. The lowest BCUT2D eigenvalue weighted by molar-refractivity contribution is -0.116. The topological polar surface area (TPSA) is 72.9 Å². The molecule has 0 atom stereocenters. The summed E-state index contributed by atoms with van der Waals surface area (Å²) in [5.41, 5.74) is 8.03. The number of hydrogen-bond donors (Lipinski definition) is 2. The molecule has 0 saturated carbocycles. The van der Waals surface area contributed by atoms with Crippen LogP contribution in [-0.4, -0.2) is 15.7 Å². The van der Waals surface area contributed by atoms with Crippen molar-refractivity contribution in [2.75, 3.05) is 11.1 Å². The van der Waals surface area contributed by atoms with Crippen molar-refractivity contribution >= 4 is 28.9 Å². The molecule has 6 heteroatoms. The Balaban J connectivity index is 1.92. The van der Waals surface area contributed by atoms with Gasteiger partial charge in [0.05, 0.1) is 11.2 Å². The third-order valence-corrected chi connectivity index (χ3v) is 2.90. The SMILES string of the molecule is Cc1ccc(N)cc1NC(=O)CCn1cc(Cl)cn1. The Morgan fingerprint density at radius 2 is 2.32 bits per heavy atom. The van der Waals surface area contributed by atoms with E-state index in [1.165, 1.54) is 0 Å². The largest absolute Gasteiger partial charge is 0.399 e. The molecule has 0 aliphatic carbocycles. The number of nitrogens with two attached hydrogens (primary N) is 1. The van der Waals surface area contributed by atoms with Crippen molar-refractivity contribution in [3.05, 3.63) is 41.2 Å². The predicted octanol–water partition coefficient (Wildman–Crippen LogP) is 2.46. The molecule has 2 rings (SSSR count). The lowest BCUT2D eigenvalue weighted by Gasteiger charge is -2.09. The van der Waals surface area contributed by atoms with Gasteiger partial charge in [-0.1, -0.05) is 17.7 Å². The normalized spacial score (nSPS) is 10.4. The molecule has 1 heterocycles. The standard InChI is InChI=1S/C13H15ClN4O/c1-9-2-3-11(15)6-12(9)17-13(19)4-5-18-8-10(14)7-16-18/h2-3,6-8H,4-5,15H2,1H3,(H,17,19). The molecule has 0 aliphatic heterocycles. The quantitative estimate of drug-likeness (QED) is 0.844.